The van der Waals surface area contributed by atoms with Crippen LogP contribution in [0.1, 0.15) is 32.2 Å². The number of nitrogens with two attached hydrogens (primary N) is 1. The lowest BCUT2D eigenvalue weighted by Crippen LogP contribution is -2.15. The Bertz CT molecular complexity index is 1060. The summed E-state index contributed by atoms with van der Waals surface area (Å²) in [7, 11) is 1.58. The van der Waals surface area contributed by atoms with Gasteiger partial charge in [0.15, 0.2) is 5.78 Å². The number of carbonyl (C=O) groups is 2. The van der Waals surface area contributed by atoms with Crippen molar-refractivity contribution in [3.63, 3.8) is 0 Å². The summed E-state index contributed by atoms with van der Waals surface area (Å²) < 4.78 is 5.23. The zero-order valence-electron chi connectivity index (χ0n) is 15.3. The number of hydrogen-bond acceptors (Lipinski definition) is 5. The van der Waals surface area contributed by atoms with E-state index in [0.29, 0.717) is 23.4 Å². The van der Waals surface area contributed by atoms with Crippen molar-refractivity contribution in [1.82, 2.24) is 4.98 Å². The van der Waals surface area contributed by atoms with Crippen LogP contribution >= 0.6 is 0 Å². The molecule has 6 heteroatoms. The quantitative estimate of drug-likeness (QED) is 0.670. The second-order valence-corrected chi connectivity index (χ2v) is 6.63. The van der Waals surface area contributed by atoms with Gasteiger partial charge in [-0.25, -0.2) is 4.98 Å². The molecule has 0 fully saturated rings. The van der Waals surface area contributed by atoms with Gasteiger partial charge in [0.1, 0.15) is 11.6 Å². The number of ketones is 1. The molecule has 1 amide bonds. The molecule has 2 aromatic carbocycles. The predicted molar refractivity (Wildman–Crippen MR) is 107 cm³/mol. The standard InChI is InChI=1S/C22H19N3O3/c1-28-17-4-2-3-15(9-17)20(26)19-12-25-22-18(19)10-16(11-24-22)13-5-7-14(8-6-13)21(23)27/h2-11,19H,12H2,1H3,(H2,23,27)(H,24,25). The van der Waals surface area contributed by atoms with E-state index in [1.807, 2.05) is 30.3 Å². The van der Waals surface area contributed by atoms with Crippen molar-refractivity contribution in [3.05, 3.63) is 77.5 Å². The average Bonchev–Trinajstić information content (AvgIpc) is 3.16. The van der Waals surface area contributed by atoms with Crippen molar-refractivity contribution < 1.29 is 14.3 Å². The molecule has 6 nitrogen and oxygen atoms in total. The van der Waals surface area contributed by atoms with Gasteiger partial charge in [0.2, 0.25) is 5.91 Å². The van der Waals surface area contributed by atoms with Crippen LogP contribution in [0.3, 0.4) is 0 Å². The topological polar surface area (TPSA) is 94.3 Å². The van der Waals surface area contributed by atoms with Crippen molar-refractivity contribution in [2.45, 2.75) is 5.92 Å². The predicted octanol–water partition coefficient (Wildman–Crippen LogP) is 3.25. The van der Waals surface area contributed by atoms with Crippen LogP contribution in [0.4, 0.5) is 5.82 Å². The van der Waals surface area contributed by atoms with E-state index in [1.165, 1.54) is 0 Å². The first-order chi connectivity index (χ1) is 13.6. The Kier molecular flexibility index (Phi) is 4.53. The first kappa shape index (κ1) is 17.7. The number of amides is 1. The molecule has 0 bridgehead atoms. The van der Waals surface area contributed by atoms with E-state index in [2.05, 4.69) is 10.3 Å². The number of benzene rings is 2. The Hall–Kier alpha value is -3.67. The minimum Gasteiger partial charge on any atom is -0.497 e. The third-order valence-electron chi connectivity index (χ3n) is 4.94. The molecule has 3 N–H and O–H groups in total. The molecule has 1 aromatic heterocycles. The lowest BCUT2D eigenvalue weighted by atomic mass is 9.91. The number of rotatable bonds is 5. The van der Waals surface area contributed by atoms with Crippen LogP contribution in [0.5, 0.6) is 5.75 Å². The number of aromatic nitrogens is 1. The van der Waals surface area contributed by atoms with E-state index in [9.17, 15) is 9.59 Å². The summed E-state index contributed by atoms with van der Waals surface area (Å²) in [5, 5.41) is 3.21. The molecule has 3 aromatic rings. The summed E-state index contributed by atoms with van der Waals surface area (Å²) in [4.78, 5) is 28.8. The molecule has 0 aliphatic carbocycles. The monoisotopic (exact) mass is 373 g/mol. The number of ether oxygens (including phenoxy) is 1. The van der Waals surface area contributed by atoms with E-state index in [4.69, 9.17) is 10.5 Å². The Balaban J connectivity index is 1.66. The van der Waals surface area contributed by atoms with Crippen LogP contribution in [-0.4, -0.2) is 30.3 Å². The average molecular weight is 373 g/mol. The van der Waals surface area contributed by atoms with Crippen LogP contribution in [0.15, 0.2) is 60.8 Å². The molecular formula is C22H19N3O3. The Labute approximate surface area is 162 Å². The van der Waals surface area contributed by atoms with Gasteiger partial charge in [-0.2, -0.15) is 0 Å². The minimum atomic E-state index is -0.466. The number of anilines is 1. The molecular weight excluding hydrogens is 354 g/mol. The first-order valence-corrected chi connectivity index (χ1v) is 8.89. The number of nitrogens with zero attached hydrogens (tertiary/aromatic N) is 1. The maximum atomic E-state index is 13.1. The lowest BCUT2D eigenvalue weighted by Gasteiger charge is -2.11. The van der Waals surface area contributed by atoms with Crippen molar-refractivity contribution >= 4 is 17.5 Å². The number of methoxy groups -OCH3 is 1. The Morgan fingerprint density at radius 3 is 2.57 bits per heavy atom. The summed E-state index contributed by atoms with van der Waals surface area (Å²) in [5.74, 6) is 0.608. The van der Waals surface area contributed by atoms with E-state index >= 15 is 0 Å². The molecule has 1 aliphatic heterocycles. The van der Waals surface area contributed by atoms with E-state index in [1.54, 1.807) is 37.6 Å². The number of primary amides is 1. The number of pyridine rings is 1. The summed E-state index contributed by atoms with van der Waals surface area (Å²) in [5.41, 5.74) is 9.00. The maximum Gasteiger partial charge on any atom is 0.248 e. The SMILES string of the molecule is COc1cccc(C(=O)C2CNc3ncc(-c4ccc(C(N)=O)cc4)cc32)c1. The summed E-state index contributed by atoms with van der Waals surface area (Å²) in [6, 6.07) is 16.2. The Morgan fingerprint density at radius 2 is 1.86 bits per heavy atom. The van der Waals surface area contributed by atoms with Crippen molar-refractivity contribution in [2.75, 3.05) is 19.0 Å². The molecule has 140 valence electrons. The van der Waals surface area contributed by atoms with Crippen molar-refractivity contribution in [1.29, 1.82) is 0 Å². The highest BCUT2D eigenvalue weighted by Gasteiger charge is 2.30. The zero-order chi connectivity index (χ0) is 19.7. The van der Waals surface area contributed by atoms with Gasteiger partial charge in [-0.05, 0) is 35.9 Å². The zero-order valence-corrected chi connectivity index (χ0v) is 15.3. The number of nitrogens with one attached hydrogen (secondary N) is 1. The summed E-state index contributed by atoms with van der Waals surface area (Å²) >= 11 is 0. The highest BCUT2D eigenvalue weighted by atomic mass is 16.5. The second kappa shape index (κ2) is 7.15. The third kappa shape index (κ3) is 3.20. The summed E-state index contributed by atoms with van der Waals surface area (Å²) in [6.45, 7) is 0.502. The molecule has 28 heavy (non-hydrogen) atoms. The smallest absolute Gasteiger partial charge is 0.248 e. The first-order valence-electron chi connectivity index (χ1n) is 8.89. The van der Waals surface area contributed by atoms with Gasteiger partial charge in [0, 0.05) is 35.0 Å². The van der Waals surface area contributed by atoms with Crippen LogP contribution < -0.4 is 15.8 Å². The summed E-state index contributed by atoms with van der Waals surface area (Å²) in [6.07, 6.45) is 1.75. The van der Waals surface area contributed by atoms with Gasteiger partial charge < -0.3 is 15.8 Å². The normalized spacial score (nSPS) is 14.8. The highest BCUT2D eigenvalue weighted by Crippen LogP contribution is 2.35. The van der Waals surface area contributed by atoms with Crippen LogP contribution in [0, 0.1) is 0 Å². The van der Waals surface area contributed by atoms with Crippen LogP contribution in [0.2, 0.25) is 0 Å². The number of hydrogen-bond donors (Lipinski definition) is 2. The number of fused-ring (bicyclic) bond motifs is 1. The van der Waals surface area contributed by atoms with Crippen LogP contribution in [-0.2, 0) is 0 Å². The number of carbonyl (C=O) groups excluding carboxylic acids is 2. The minimum absolute atomic E-state index is 0.0215. The second-order valence-electron chi connectivity index (χ2n) is 6.63. The Morgan fingerprint density at radius 1 is 1.07 bits per heavy atom. The molecule has 1 unspecified atom stereocenters. The molecule has 0 spiro atoms. The molecule has 1 aliphatic rings. The molecule has 1 atom stereocenters. The van der Waals surface area contributed by atoms with Crippen molar-refractivity contribution in [3.8, 4) is 16.9 Å². The van der Waals surface area contributed by atoms with Gasteiger partial charge in [0.25, 0.3) is 0 Å². The number of Topliss-reactive ketones (excluding diaryl/α,β-unsaturated/α-hetero) is 1. The van der Waals surface area contributed by atoms with Gasteiger partial charge in [-0.3, -0.25) is 9.59 Å². The maximum absolute atomic E-state index is 13.1. The fourth-order valence-corrected chi connectivity index (χ4v) is 3.40. The van der Waals surface area contributed by atoms with E-state index in [0.717, 1.165) is 22.5 Å². The molecule has 4 rings (SSSR count). The van der Waals surface area contributed by atoms with Gasteiger partial charge in [-0.15, -0.1) is 0 Å². The van der Waals surface area contributed by atoms with Crippen LogP contribution in [0.25, 0.3) is 11.1 Å². The fraction of sp³-hybridized carbons (Fsp3) is 0.136. The highest BCUT2D eigenvalue weighted by molar-refractivity contribution is 6.03. The molecule has 0 radical (unpaired) electrons. The molecule has 2 heterocycles. The van der Waals surface area contributed by atoms with Gasteiger partial charge >= 0.3 is 0 Å². The van der Waals surface area contributed by atoms with Gasteiger partial charge in [0.05, 0.1) is 13.0 Å². The molecule has 0 saturated carbocycles. The lowest BCUT2D eigenvalue weighted by molar-refractivity contribution is 0.0964. The third-order valence-corrected chi connectivity index (χ3v) is 4.94. The van der Waals surface area contributed by atoms with Crippen molar-refractivity contribution in [2.24, 2.45) is 5.73 Å². The fourth-order valence-electron chi connectivity index (χ4n) is 3.40. The van der Waals surface area contributed by atoms with E-state index in [-0.39, 0.29) is 11.7 Å². The van der Waals surface area contributed by atoms with Gasteiger partial charge in [-0.1, -0.05) is 24.3 Å². The van der Waals surface area contributed by atoms with E-state index < -0.39 is 5.91 Å². The molecule has 0 saturated heterocycles. The largest absolute Gasteiger partial charge is 0.497 e.